The molecule has 1 aliphatic carbocycles. The van der Waals surface area contributed by atoms with Crippen LogP contribution in [0.3, 0.4) is 0 Å². The molecule has 9 nitrogen and oxygen atoms in total. The molecule has 2 aliphatic rings. The minimum Gasteiger partial charge on any atom is -0.497 e. The van der Waals surface area contributed by atoms with Crippen LogP contribution in [0.2, 0.25) is 0 Å². The molecular formula is C35H45N3O6. The van der Waals surface area contributed by atoms with Crippen LogP contribution in [0.4, 0.5) is 4.79 Å². The monoisotopic (exact) mass is 603 g/mol. The molecule has 0 radical (unpaired) electrons. The van der Waals surface area contributed by atoms with Crippen molar-refractivity contribution in [3.63, 3.8) is 0 Å². The number of carbonyl (C=O) groups is 3. The Morgan fingerprint density at radius 3 is 2.20 bits per heavy atom. The number of benzene rings is 2. The second kappa shape index (κ2) is 12.9. The highest BCUT2D eigenvalue weighted by molar-refractivity contribution is 6.08. The Labute approximate surface area is 260 Å². The molecule has 2 aromatic carbocycles. The van der Waals surface area contributed by atoms with E-state index >= 15 is 0 Å². The van der Waals surface area contributed by atoms with E-state index in [1.807, 2.05) is 32.9 Å². The number of nitrogens with zero attached hydrogens (tertiary/aromatic N) is 1. The summed E-state index contributed by atoms with van der Waals surface area (Å²) in [5, 5.41) is 2.93. The molecule has 2 aromatic rings. The molecule has 0 saturated carbocycles. The molecule has 0 aromatic heterocycles. The SMILES string of the molecule is COc1ccc(C(=O)NC2C=CC=CC2(N)C(=O)c2ccc(C(C)(C)C)cc2OC2CCN(C(=O)OC(C)(C)C)CC2)cc1. The number of Topliss-reactive ketones (excluding diaryl/α,β-unsaturated/α-hetero) is 1. The normalized spacial score (nSPS) is 20.6. The Hall–Kier alpha value is -4.11. The fourth-order valence-corrected chi connectivity index (χ4v) is 5.17. The van der Waals surface area contributed by atoms with Gasteiger partial charge in [0.15, 0.2) is 5.78 Å². The molecule has 2 amide bonds. The van der Waals surface area contributed by atoms with Gasteiger partial charge in [-0.1, -0.05) is 51.1 Å². The van der Waals surface area contributed by atoms with Gasteiger partial charge in [-0.2, -0.15) is 0 Å². The van der Waals surface area contributed by atoms with E-state index in [2.05, 4.69) is 26.1 Å². The summed E-state index contributed by atoms with van der Waals surface area (Å²) in [5.74, 6) is 0.328. The van der Waals surface area contributed by atoms with Gasteiger partial charge in [0.25, 0.3) is 5.91 Å². The second-order valence-electron chi connectivity index (χ2n) is 13.4. The summed E-state index contributed by atoms with van der Waals surface area (Å²) in [7, 11) is 1.56. The molecule has 3 N–H and O–H groups in total. The van der Waals surface area contributed by atoms with E-state index in [1.54, 1.807) is 66.6 Å². The lowest BCUT2D eigenvalue weighted by Gasteiger charge is -2.36. The summed E-state index contributed by atoms with van der Waals surface area (Å²) in [5.41, 5.74) is 6.28. The Kier molecular flexibility index (Phi) is 9.59. The fourth-order valence-electron chi connectivity index (χ4n) is 5.17. The number of nitrogens with one attached hydrogen (secondary N) is 1. The summed E-state index contributed by atoms with van der Waals surface area (Å²) in [6.45, 7) is 12.8. The van der Waals surface area contributed by atoms with Gasteiger partial charge in [0.05, 0.1) is 18.7 Å². The Morgan fingerprint density at radius 2 is 1.61 bits per heavy atom. The third-order valence-corrected chi connectivity index (χ3v) is 7.81. The zero-order valence-corrected chi connectivity index (χ0v) is 26.8. The van der Waals surface area contributed by atoms with Gasteiger partial charge >= 0.3 is 6.09 Å². The van der Waals surface area contributed by atoms with E-state index < -0.39 is 17.2 Å². The molecule has 0 bridgehead atoms. The summed E-state index contributed by atoms with van der Waals surface area (Å²) in [6.07, 6.45) is 7.43. The standard InChI is InChI=1S/C35H45N3O6/c1-33(2,3)24-13-16-27(28(22-24)43-26-17-20-38(21-18-26)32(41)44-34(4,5)6)30(39)35(36)19-9-8-10-29(35)37-31(40)23-11-14-25(42-7)15-12-23/h8-16,19,22,26,29H,17-18,20-21,36H2,1-7H3,(H,37,40). The summed E-state index contributed by atoms with van der Waals surface area (Å²) in [6, 6.07) is 11.5. The molecular weight excluding hydrogens is 558 g/mol. The van der Waals surface area contributed by atoms with Crippen molar-refractivity contribution in [2.75, 3.05) is 20.2 Å². The van der Waals surface area contributed by atoms with Crippen molar-refractivity contribution in [2.24, 2.45) is 5.73 Å². The Morgan fingerprint density at radius 1 is 0.955 bits per heavy atom. The maximum atomic E-state index is 14.3. The van der Waals surface area contributed by atoms with Crippen LogP contribution >= 0.6 is 0 Å². The summed E-state index contributed by atoms with van der Waals surface area (Å²) < 4.78 is 17.2. The lowest BCUT2D eigenvalue weighted by Crippen LogP contribution is -2.62. The first kappa shape index (κ1) is 32.8. The van der Waals surface area contributed by atoms with Crippen LogP contribution in [0.25, 0.3) is 0 Å². The topological polar surface area (TPSA) is 120 Å². The van der Waals surface area contributed by atoms with Crippen LogP contribution in [-0.2, 0) is 10.2 Å². The third kappa shape index (κ3) is 7.69. The molecule has 0 spiro atoms. The van der Waals surface area contributed by atoms with Crippen molar-refractivity contribution < 1.29 is 28.6 Å². The molecule has 9 heteroatoms. The maximum Gasteiger partial charge on any atom is 0.410 e. The number of hydrogen-bond acceptors (Lipinski definition) is 7. The number of nitrogens with two attached hydrogens (primary N) is 1. The Bertz CT molecular complexity index is 1430. The predicted molar refractivity (Wildman–Crippen MR) is 170 cm³/mol. The molecule has 2 unspecified atom stereocenters. The average molecular weight is 604 g/mol. The number of likely N-dealkylation sites (tertiary alicyclic amines) is 1. The Balaban J connectivity index is 1.57. The number of piperidine rings is 1. The molecule has 1 aliphatic heterocycles. The van der Waals surface area contributed by atoms with Crippen molar-refractivity contribution in [1.82, 2.24) is 10.2 Å². The zero-order valence-electron chi connectivity index (χ0n) is 26.8. The predicted octanol–water partition coefficient (Wildman–Crippen LogP) is 5.58. The highest BCUT2D eigenvalue weighted by Gasteiger charge is 2.43. The number of rotatable bonds is 7. The van der Waals surface area contributed by atoms with E-state index in [0.717, 1.165) is 5.56 Å². The number of ketones is 1. The van der Waals surface area contributed by atoms with Gasteiger partial charge in [0, 0.05) is 31.5 Å². The number of carbonyl (C=O) groups excluding carboxylic acids is 3. The smallest absolute Gasteiger partial charge is 0.410 e. The first-order valence-corrected chi connectivity index (χ1v) is 15.0. The molecule has 236 valence electrons. The van der Waals surface area contributed by atoms with Crippen LogP contribution in [0.5, 0.6) is 11.5 Å². The number of amides is 2. The molecule has 2 atom stereocenters. The molecule has 1 fully saturated rings. The van der Waals surface area contributed by atoms with Gasteiger partial charge in [0.1, 0.15) is 28.7 Å². The zero-order chi connectivity index (χ0) is 32.3. The van der Waals surface area contributed by atoms with E-state index in [9.17, 15) is 14.4 Å². The summed E-state index contributed by atoms with van der Waals surface area (Å²) >= 11 is 0. The van der Waals surface area contributed by atoms with Crippen molar-refractivity contribution in [3.05, 3.63) is 83.5 Å². The minimum atomic E-state index is -1.56. The molecule has 1 saturated heterocycles. The van der Waals surface area contributed by atoms with E-state index in [4.69, 9.17) is 19.9 Å². The minimum absolute atomic E-state index is 0.192. The van der Waals surface area contributed by atoms with Crippen molar-refractivity contribution >= 4 is 17.8 Å². The van der Waals surface area contributed by atoms with Crippen molar-refractivity contribution in [3.8, 4) is 11.5 Å². The van der Waals surface area contributed by atoms with E-state index in [1.165, 1.54) is 0 Å². The molecule has 4 rings (SSSR count). The van der Waals surface area contributed by atoms with Gasteiger partial charge < -0.3 is 30.2 Å². The number of allylic oxidation sites excluding steroid dienone is 2. The summed E-state index contributed by atoms with van der Waals surface area (Å²) in [4.78, 5) is 41.7. The lowest BCUT2D eigenvalue weighted by atomic mass is 9.79. The molecule has 1 heterocycles. The quantitative estimate of drug-likeness (QED) is 0.397. The van der Waals surface area contributed by atoms with Gasteiger partial charge in [-0.3, -0.25) is 9.59 Å². The van der Waals surface area contributed by atoms with Gasteiger partial charge in [0.2, 0.25) is 0 Å². The van der Waals surface area contributed by atoms with Gasteiger partial charge in [-0.15, -0.1) is 0 Å². The average Bonchev–Trinajstić information content (AvgIpc) is 2.97. The third-order valence-electron chi connectivity index (χ3n) is 7.81. The van der Waals surface area contributed by atoms with Crippen LogP contribution in [0.1, 0.15) is 80.7 Å². The van der Waals surface area contributed by atoms with Crippen LogP contribution in [-0.4, -0.2) is 66.2 Å². The van der Waals surface area contributed by atoms with E-state index in [-0.39, 0.29) is 29.3 Å². The largest absolute Gasteiger partial charge is 0.497 e. The molecule has 44 heavy (non-hydrogen) atoms. The fraction of sp³-hybridized carbons (Fsp3) is 0.457. The number of methoxy groups -OCH3 is 1. The highest BCUT2D eigenvalue weighted by atomic mass is 16.6. The van der Waals surface area contributed by atoms with Crippen LogP contribution in [0, 0.1) is 0 Å². The lowest BCUT2D eigenvalue weighted by molar-refractivity contribution is 0.0126. The number of hydrogen-bond donors (Lipinski definition) is 2. The van der Waals surface area contributed by atoms with Crippen LogP contribution < -0.4 is 20.5 Å². The first-order chi connectivity index (χ1) is 20.6. The second-order valence-corrected chi connectivity index (χ2v) is 13.4. The van der Waals surface area contributed by atoms with Crippen molar-refractivity contribution in [1.29, 1.82) is 0 Å². The maximum absolute atomic E-state index is 14.3. The van der Waals surface area contributed by atoms with E-state index in [0.29, 0.717) is 48.6 Å². The van der Waals surface area contributed by atoms with Crippen LogP contribution in [0.15, 0.2) is 66.8 Å². The number of ether oxygens (including phenoxy) is 3. The first-order valence-electron chi connectivity index (χ1n) is 15.0. The van der Waals surface area contributed by atoms with Gasteiger partial charge in [-0.25, -0.2) is 4.79 Å². The van der Waals surface area contributed by atoms with Crippen molar-refractivity contribution in [2.45, 2.75) is 83.1 Å². The highest BCUT2D eigenvalue weighted by Crippen LogP contribution is 2.34. The van der Waals surface area contributed by atoms with Gasteiger partial charge in [-0.05, 0) is 68.1 Å².